The molecule has 1 rings (SSSR count). The molecular weight excluding hydrogens is 299 g/mol. The van der Waals surface area contributed by atoms with Gasteiger partial charge in [-0.3, -0.25) is 0 Å². The molecule has 0 aliphatic rings. The molecule has 0 amide bonds. The Morgan fingerprint density at radius 1 is 1.32 bits per heavy atom. The van der Waals surface area contributed by atoms with E-state index in [0.717, 1.165) is 0 Å². The van der Waals surface area contributed by atoms with E-state index in [0.29, 0.717) is 5.75 Å². The Labute approximate surface area is 126 Å². The van der Waals surface area contributed by atoms with Gasteiger partial charge in [-0.15, -0.1) is 12.3 Å². The van der Waals surface area contributed by atoms with Crippen LogP contribution in [0, 0.1) is 12.3 Å². The molecule has 0 heterocycles. The predicted octanol–water partition coefficient (Wildman–Crippen LogP) is 2.99. The highest BCUT2D eigenvalue weighted by molar-refractivity contribution is 5.86. The monoisotopic (exact) mass is 315 g/mol. The number of hydrogen-bond acceptors (Lipinski definition) is 4. The number of hydrogen-bond donors (Lipinski definition) is 1. The topological polar surface area (TPSA) is 47.6 Å². The van der Waals surface area contributed by atoms with Crippen molar-refractivity contribution in [2.75, 3.05) is 19.0 Å². The summed E-state index contributed by atoms with van der Waals surface area (Å²) < 4.78 is 49.9. The number of rotatable bonds is 6. The Bertz CT molecular complexity index is 549. The number of anilines is 1. The molecule has 1 atom stereocenters. The first-order valence-corrected chi connectivity index (χ1v) is 6.40. The molecule has 0 unspecified atom stereocenters. The van der Waals surface area contributed by atoms with Crippen molar-refractivity contribution < 1.29 is 27.4 Å². The Hall–Kier alpha value is -2.36. The number of nitrogens with one attached hydrogen (secondary N) is 1. The summed E-state index contributed by atoms with van der Waals surface area (Å²) in [6.45, 7) is 1.23. The van der Waals surface area contributed by atoms with Crippen molar-refractivity contribution >= 4 is 11.7 Å². The van der Waals surface area contributed by atoms with Crippen LogP contribution in [0.3, 0.4) is 0 Å². The van der Waals surface area contributed by atoms with Crippen LogP contribution in [-0.4, -0.2) is 31.4 Å². The van der Waals surface area contributed by atoms with Gasteiger partial charge in [-0.1, -0.05) is 0 Å². The van der Waals surface area contributed by atoms with Crippen LogP contribution >= 0.6 is 0 Å². The SMILES string of the molecule is C#CC[C@@](Nc1ccc(OC)cc1)(C(=O)OCC)C(F)(F)F. The van der Waals surface area contributed by atoms with Gasteiger partial charge in [0.15, 0.2) is 0 Å². The maximum atomic E-state index is 13.5. The van der Waals surface area contributed by atoms with E-state index in [1.165, 1.54) is 38.3 Å². The van der Waals surface area contributed by atoms with E-state index in [4.69, 9.17) is 11.2 Å². The van der Waals surface area contributed by atoms with Crippen molar-refractivity contribution in [3.05, 3.63) is 24.3 Å². The Kier molecular flexibility index (Phi) is 5.69. The maximum absolute atomic E-state index is 13.5. The summed E-state index contributed by atoms with van der Waals surface area (Å²) in [5, 5.41) is 2.17. The van der Waals surface area contributed by atoms with E-state index in [9.17, 15) is 18.0 Å². The van der Waals surface area contributed by atoms with E-state index >= 15 is 0 Å². The van der Waals surface area contributed by atoms with Crippen molar-refractivity contribution in [3.8, 4) is 18.1 Å². The molecule has 1 aromatic carbocycles. The summed E-state index contributed by atoms with van der Waals surface area (Å²) in [6, 6.07) is 5.64. The molecule has 1 N–H and O–H groups in total. The second kappa shape index (κ2) is 7.07. The maximum Gasteiger partial charge on any atom is 0.423 e. The highest BCUT2D eigenvalue weighted by Crippen LogP contribution is 2.37. The standard InChI is InChI=1S/C15H16F3NO3/c1-4-10-14(15(16,17)18,13(20)22-5-2)19-11-6-8-12(21-3)9-7-11/h1,6-9,19H,5,10H2,2-3H3/t14-/m1/s1. The van der Waals surface area contributed by atoms with Crippen LogP contribution in [0.1, 0.15) is 13.3 Å². The third-order valence-corrected chi connectivity index (χ3v) is 2.92. The molecule has 0 aliphatic carbocycles. The second-order valence-electron chi connectivity index (χ2n) is 4.36. The number of carbonyl (C=O) groups is 1. The smallest absolute Gasteiger partial charge is 0.423 e. The van der Waals surface area contributed by atoms with Gasteiger partial charge in [-0.2, -0.15) is 13.2 Å². The zero-order valence-corrected chi connectivity index (χ0v) is 12.2. The lowest BCUT2D eigenvalue weighted by atomic mass is 9.94. The van der Waals surface area contributed by atoms with E-state index in [-0.39, 0.29) is 12.3 Å². The number of halogens is 3. The molecule has 0 saturated heterocycles. The quantitative estimate of drug-likeness (QED) is 0.647. The molecule has 0 aromatic heterocycles. The third-order valence-electron chi connectivity index (χ3n) is 2.92. The molecular formula is C15H16F3NO3. The van der Waals surface area contributed by atoms with Gasteiger partial charge in [-0.05, 0) is 31.2 Å². The van der Waals surface area contributed by atoms with Gasteiger partial charge >= 0.3 is 12.1 Å². The first-order valence-electron chi connectivity index (χ1n) is 6.40. The molecule has 0 saturated carbocycles. The lowest BCUT2D eigenvalue weighted by Crippen LogP contribution is -2.58. The Morgan fingerprint density at radius 3 is 2.32 bits per heavy atom. The van der Waals surface area contributed by atoms with Crippen LogP contribution in [0.25, 0.3) is 0 Å². The molecule has 22 heavy (non-hydrogen) atoms. The lowest BCUT2D eigenvalue weighted by molar-refractivity contribution is -0.199. The van der Waals surface area contributed by atoms with Gasteiger partial charge in [0, 0.05) is 5.69 Å². The van der Waals surface area contributed by atoms with Gasteiger partial charge < -0.3 is 14.8 Å². The predicted molar refractivity (Wildman–Crippen MR) is 75.5 cm³/mol. The van der Waals surface area contributed by atoms with Gasteiger partial charge in [0.2, 0.25) is 5.54 Å². The fourth-order valence-corrected chi connectivity index (χ4v) is 1.78. The van der Waals surface area contributed by atoms with Crippen LogP contribution in [-0.2, 0) is 9.53 Å². The van der Waals surface area contributed by atoms with Crippen molar-refractivity contribution in [1.29, 1.82) is 0 Å². The molecule has 0 fully saturated rings. The summed E-state index contributed by atoms with van der Waals surface area (Å²) in [5.74, 6) is 0.896. The van der Waals surface area contributed by atoms with Gasteiger partial charge in [-0.25, -0.2) is 4.79 Å². The highest BCUT2D eigenvalue weighted by atomic mass is 19.4. The fraction of sp³-hybridized carbons (Fsp3) is 0.400. The van der Waals surface area contributed by atoms with Gasteiger partial charge in [0.05, 0.1) is 20.1 Å². The number of ether oxygens (including phenoxy) is 2. The molecule has 0 bridgehead atoms. The number of terminal acetylenes is 1. The zero-order valence-electron chi connectivity index (χ0n) is 12.2. The molecule has 0 spiro atoms. The number of methoxy groups -OCH3 is 1. The molecule has 4 nitrogen and oxygen atoms in total. The zero-order chi connectivity index (χ0) is 16.8. The first-order chi connectivity index (χ1) is 10.3. The van der Waals surface area contributed by atoms with Gasteiger partial charge in [0.1, 0.15) is 5.75 Å². The minimum atomic E-state index is -4.93. The summed E-state index contributed by atoms with van der Waals surface area (Å²) >= 11 is 0. The van der Waals surface area contributed by atoms with Crippen molar-refractivity contribution in [1.82, 2.24) is 0 Å². The Balaban J connectivity index is 3.23. The largest absolute Gasteiger partial charge is 0.497 e. The average molecular weight is 315 g/mol. The van der Waals surface area contributed by atoms with Crippen molar-refractivity contribution in [2.45, 2.75) is 25.1 Å². The van der Waals surface area contributed by atoms with Crippen LogP contribution in [0.2, 0.25) is 0 Å². The number of carbonyl (C=O) groups excluding carboxylic acids is 1. The summed E-state index contributed by atoms with van der Waals surface area (Å²) in [6.07, 6.45) is -0.786. The molecule has 7 heteroatoms. The minimum Gasteiger partial charge on any atom is -0.497 e. The summed E-state index contributed by atoms with van der Waals surface area (Å²) in [7, 11) is 1.43. The average Bonchev–Trinajstić information content (AvgIpc) is 2.46. The molecule has 120 valence electrons. The van der Waals surface area contributed by atoms with E-state index in [1.807, 2.05) is 5.92 Å². The molecule has 0 radical (unpaired) electrons. The number of esters is 1. The first kappa shape index (κ1) is 17.7. The van der Waals surface area contributed by atoms with Crippen LogP contribution in [0.5, 0.6) is 5.75 Å². The Morgan fingerprint density at radius 2 is 1.91 bits per heavy atom. The van der Waals surface area contributed by atoms with Crippen molar-refractivity contribution in [2.24, 2.45) is 0 Å². The van der Waals surface area contributed by atoms with Crippen LogP contribution in [0.15, 0.2) is 24.3 Å². The normalized spacial score (nSPS) is 13.6. The second-order valence-corrected chi connectivity index (χ2v) is 4.36. The number of benzene rings is 1. The van der Waals surface area contributed by atoms with Crippen LogP contribution < -0.4 is 10.1 Å². The van der Waals surface area contributed by atoms with E-state index in [2.05, 4.69) is 10.1 Å². The van der Waals surface area contributed by atoms with Gasteiger partial charge in [0.25, 0.3) is 0 Å². The summed E-state index contributed by atoms with van der Waals surface area (Å²) in [5.41, 5.74) is -2.92. The lowest BCUT2D eigenvalue weighted by Gasteiger charge is -2.33. The molecule has 0 aliphatic heterocycles. The highest BCUT2D eigenvalue weighted by Gasteiger charge is 2.61. The van der Waals surface area contributed by atoms with E-state index < -0.39 is 24.1 Å². The molecule has 1 aromatic rings. The van der Waals surface area contributed by atoms with Crippen molar-refractivity contribution in [3.63, 3.8) is 0 Å². The fourth-order valence-electron chi connectivity index (χ4n) is 1.78. The van der Waals surface area contributed by atoms with E-state index in [1.54, 1.807) is 0 Å². The third kappa shape index (κ3) is 3.64. The number of alkyl halides is 3. The minimum absolute atomic E-state index is 0.0708. The summed E-state index contributed by atoms with van der Waals surface area (Å²) in [4.78, 5) is 11.9. The van der Waals surface area contributed by atoms with Crippen LogP contribution in [0.4, 0.5) is 18.9 Å².